The number of rotatable bonds is 8. The van der Waals surface area contributed by atoms with E-state index in [1.54, 1.807) is 25.3 Å². The number of amides is 1. The fourth-order valence-corrected chi connectivity index (χ4v) is 2.68. The molecule has 0 aromatic heterocycles. The Morgan fingerprint density at radius 3 is 2.67 bits per heavy atom. The maximum atomic E-state index is 12.3. The predicted molar refractivity (Wildman–Crippen MR) is 116 cm³/mol. The molecule has 0 atom stereocenters. The molecular weight excluding hydrogens is 388 g/mol. The van der Waals surface area contributed by atoms with Crippen LogP contribution in [0.3, 0.4) is 0 Å². The summed E-state index contributed by atoms with van der Waals surface area (Å²) in [5.41, 5.74) is 1.59. The molecule has 0 saturated carbocycles. The Bertz CT molecular complexity index is 772. The number of aromatic hydroxyl groups is 1. The Labute approximate surface area is 176 Å². The molecule has 0 unspecified atom stereocenters. The van der Waals surface area contributed by atoms with Crippen LogP contribution in [0.1, 0.15) is 24.8 Å². The number of carbonyl (C=O) groups excluding carboxylic acids is 2. The summed E-state index contributed by atoms with van der Waals surface area (Å²) in [5, 5.41) is 19.7. The Morgan fingerprint density at radius 2 is 2.10 bits per heavy atom. The molecule has 1 aromatic rings. The molecule has 0 spiro atoms. The van der Waals surface area contributed by atoms with Crippen LogP contribution in [-0.4, -0.2) is 75.0 Å². The summed E-state index contributed by atoms with van der Waals surface area (Å²) >= 11 is 0. The topological polar surface area (TPSA) is 124 Å². The van der Waals surface area contributed by atoms with Gasteiger partial charge in [0.1, 0.15) is 17.9 Å². The van der Waals surface area contributed by atoms with Gasteiger partial charge < -0.3 is 19.9 Å². The second-order valence-corrected chi connectivity index (χ2v) is 6.31. The van der Waals surface area contributed by atoms with Crippen LogP contribution in [0, 0.1) is 5.41 Å². The van der Waals surface area contributed by atoms with Crippen molar-refractivity contribution >= 4 is 30.1 Å². The Hall–Kier alpha value is -3.04. The molecule has 3 N–H and O–H groups in total. The quantitative estimate of drug-likeness (QED) is 0.256. The molecule has 164 valence electrons. The van der Waals surface area contributed by atoms with Crippen LogP contribution in [0.5, 0.6) is 5.75 Å². The summed E-state index contributed by atoms with van der Waals surface area (Å²) < 4.78 is 9.26. The van der Waals surface area contributed by atoms with Gasteiger partial charge >= 0.3 is 5.97 Å². The number of ether oxygens (including phenoxy) is 2. The highest BCUT2D eigenvalue weighted by Gasteiger charge is 2.29. The van der Waals surface area contributed by atoms with Gasteiger partial charge in [-0.25, -0.2) is 4.99 Å². The molecule has 1 fully saturated rings. The van der Waals surface area contributed by atoms with E-state index >= 15 is 0 Å². The summed E-state index contributed by atoms with van der Waals surface area (Å²) in [6.07, 6.45) is 3.35. The van der Waals surface area contributed by atoms with E-state index in [9.17, 15) is 14.7 Å². The van der Waals surface area contributed by atoms with Crippen molar-refractivity contribution in [3.63, 3.8) is 0 Å². The number of likely N-dealkylation sites (tertiary alicyclic amines) is 1. The fraction of sp³-hybridized carbons (Fsp3) is 0.429. The number of carbonyl (C=O) groups is 2. The summed E-state index contributed by atoms with van der Waals surface area (Å²) in [4.78, 5) is 28.9. The number of phenolic OH excluding ortho intramolecular Hbond substituents is 1. The first-order chi connectivity index (χ1) is 14.5. The lowest BCUT2D eigenvalue weighted by Crippen LogP contribution is -2.32. The van der Waals surface area contributed by atoms with Crippen molar-refractivity contribution in [2.45, 2.75) is 19.3 Å². The highest BCUT2D eigenvalue weighted by atomic mass is 16.5. The van der Waals surface area contributed by atoms with E-state index < -0.39 is 5.97 Å². The highest BCUT2D eigenvalue weighted by molar-refractivity contribution is 6.14. The summed E-state index contributed by atoms with van der Waals surface area (Å²) in [6.45, 7) is 2.18. The normalized spacial score (nSPS) is 15.6. The average molecular weight is 418 g/mol. The molecule has 1 aliphatic heterocycles. The summed E-state index contributed by atoms with van der Waals surface area (Å²) in [7, 11) is 4.87. The van der Waals surface area contributed by atoms with Crippen LogP contribution in [-0.2, 0) is 19.1 Å². The monoisotopic (exact) mass is 418 g/mol. The maximum absolute atomic E-state index is 12.3. The van der Waals surface area contributed by atoms with Gasteiger partial charge in [0.05, 0.1) is 20.1 Å². The molecule has 0 aliphatic carbocycles. The molecule has 9 nitrogen and oxygen atoms in total. The third kappa shape index (κ3) is 8.54. The second kappa shape index (κ2) is 14.0. The number of likely N-dealkylation sites (N-methyl/N-ethyl adjacent to an activating group) is 1. The smallest absolute Gasteiger partial charge is 0.306 e. The molecule has 1 saturated heterocycles. The van der Waals surface area contributed by atoms with Crippen molar-refractivity contribution in [1.82, 2.24) is 10.2 Å². The number of nitrogens with zero attached hydrogens (tertiary/aromatic N) is 2. The van der Waals surface area contributed by atoms with Gasteiger partial charge in [-0.1, -0.05) is 12.1 Å². The first kappa shape index (κ1) is 25.0. The zero-order valence-corrected chi connectivity index (χ0v) is 17.7. The minimum Gasteiger partial charge on any atom is -0.508 e. The number of nitrogens with one attached hydrogen (secondary N) is 2. The fourth-order valence-electron chi connectivity index (χ4n) is 2.68. The maximum Gasteiger partial charge on any atom is 0.306 e. The molecule has 1 amide bonds. The molecule has 1 aromatic carbocycles. The summed E-state index contributed by atoms with van der Waals surface area (Å²) in [6, 6.07) is 6.74. The van der Waals surface area contributed by atoms with Crippen molar-refractivity contribution in [3.8, 4) is 5.75 Å². The van der Waals surface area contributed by atoms with Crippen molar-refractivity contribution < 1.29 is 24.2 Å². The Balaban J connectivity index is 0.000000656. The lowest BCUT2D eigenvalue weighted by atomic mass is 10.1. The predicted octanol–water partition coefficient (Wildman–Crippen LogP) is 1.82. The highest BCUT2D eigenvalue weighted by Crippen LogP contribution is 2.24. The zero-order chi connectivity index (χ0) is 22.4. The van der Waals surface area contributed by atoms with Gasteiger partial charge in [-0.05, 0) is 42.8 Å². The van der Waals surface area contributed by atoms with Crippen LogP contribution < -0.4 is 5.32 Å². The number of hydrogen-bond donors (Lipinski definition) is 3. The summed E-state index contributed by atoms with van der Waals surface area (Å²) in [5.74, 6) is -0.119. The number of amidine groups is 1. The van der Waals surface area contributed by atoms with E-state index in [1.807, 2.05) is 19.2 Å². The van der Waals surface area contributed by atoms with Gasteiger partial charge in [-0.15, -0.1) is 0 Å². The lowest BCUT2D eigenvalue weighted by molar-refractivity contribution is -0.142. The molecular formula is C21H30N4O5. The average Bonchev–Trinajstić information content (AvgIpc) is 3.13. The van der Waals surface area contributed by atoms with Crippen molar-refractivity contribution in [1.29, 1.82) is 5.41 Å². The van der Waals surface area contributed by atoms with E-state index in [1.165, 1.54) is 12.0 Å². The lowest BCUT2D eigenvalue weighted by Gasteiger charge is -2.16. The van der Waals surface area contributed by atoms with E-state index in [2.05, 4.69) is 15.0 Å². The molecule has 9 heteroatoms. The molecule has 0 radical (unpaired) electrons. The van der Waals surface area contributed by atoms with Gasteiger partial charge in [0, 0.05) is 26.6 Å². The van der Waals surface area contributed by atoms with Gasteiger partial charge in [0.25, 0.3) is 0 Å². The molecule has 1 heterocycles. The van der Waals surface area contributed by atoms with Crippen LogP contribution in [0.2, 0.25) is 0 Å². The van der Waals surface area contributed by atoms with Crippen molar-refractivity contribution in [3.05, 3.63) is 35.4 Å². The third-order valence-electron chi connectivity index (χ3n) is 4.17. The third-order valence-corrected chi connectivity index (χ3v) is 4.17. The van der Waals surface area contributed by atoms with E-state index in [0.29, 0.717) is 18.8 Å². The largest absolute Gasteiger partial charge is 0.508 e. The number of hydrogen-bond acceptors (Lipinski definition) is 7. The number of esters is 1. The van der Waals surface area contributed by atoms with Crippen molar-refractivity contribution in [2.75, 3.05) is 41.0 Å². The van der Waals surface area contributed by atoms with Crippen LogP contribution in [0.15, 0.2) is 34.8 Å². The number of aliphatic imine (C=N–C) groups is 1. The molecule has 0 bridgehead atoms. The Kier molecular flexibility index (Phi) is 11.7. The van der Waals surface area contributed by atoms with Gasteiger partial charge in [-0.3, -0.25) is 19.9 Å². The second-order valence-electron chi connectivity index (χ2n) is 6.31. The van der Waals surface area contributed by atoms with Crippen LogP contribution in [0.4, 0.5) is 0 Å². The number of benzene rings is 1. The van der Waals surface area contributed by atoms with E-state index in [-0.39, 0.29) is 24.5 Å². The SMILES string of the molecule is CNCCOC.COC(=O)CCC(=O)N1CC/C(=C\c2cccc(O)c2)C1=NC=N. The van der Waals surface area contributed by atoms with Gasteiger partial charge in [0.2, 0.25) is 5.91 Å². The minimum absolute atomic E-state index is 0.00923. The standard InChI is InChI=1S/C17H19N3O4.C4H11NO/c1-24-16(23)6-5-15(22)20-8-7-13(17(20)19-11-18)9-12-3-2-4-14(21)10-12;1-5-3-4-6-2/h2-4,9-11,18,21H,5-8H2,1H3;5H,3-4H2,1-2H3/b13-9+,18-11?,19-17?;. The number of phenols is 1. The van der Waals surface area contributed by atoms with E-state index in [4.69, 9.17) is 10.1 Å². The molecule has 30 heavy (non-hydrogen) atoms. The van der Waals surface area contributed by atoms with E-state index in [0.717, 1.165) is 30.6 Å². The zero-order valence-electron chi connectivity index (χ0n) is 17.7. The minimum atomic E-state index is -0.441. The van der Waals surface area contributed by atoms with Gasteiger partial charge in [-0.2, -0.15) is 0 Å². The van der Waals surface area contributed by atoms with Gasteiger partial charge in [0.15, 0.2) is 0 Å². The molecule has 2 rings (SSSR count). The number of methoxy groups -OCH3 is 2. The first-order valence-corrected chi connectivity index (χ1v) is 9.54. The molecule has 1 aliphatic rings. The Morgan fingerprint density at radius 1 is 1.33 bits per heavy atom. The van der Waals surface area contributed by atoms with Crippen LogP contribution >= 0.6 is 0 Å². The van der Waals surface area contributed by atoms with Crippen LogP contribution in [0.25, 0.3) is 6.08 Å². The van der Waals surface area contributed by atoms with Crippen molar-refractivity contribution in [2.24, 2.45) is 4.99 Å². The first-order valence-electron chi connectivity index (χ1n) is 9.54.